The van der Waals surface area contributed by atoms with Crippen molar-refractivity contribution in [3.63, 3.8) is 0 Å². The Bertz CT molecular complexity index is 533. The maximum absolute atomic E-state index is 5.92. The Morgan fingerprint density at radius 1 is 1.50 bits per heavy atom. The molecule has 3 nitrogen and oxygen atoms in total. The van der Waals surface area contributed by atoms with E-state index in [1.54, 1.807) is 0 Å². The quantitative estimate of drug-likeness (QED) is 0.814. The van der Waals surface area contributed by atoms with Crippen molar-refractivity contribution in [3.8, 4) is 0 Å². The first kappa shape index (κ1) is 10.5. The second-order valence-corrected chi connectivity index (χ2v) is 5.39. The maximum Gasteiger partial charge on any atom is 0.160 e. The van der Waals surface area contributed by atoms with E-state index in [-0.39, 0.29) is 0 Å². The lowest BCUT2D eigenvalue weighted by atomic mass is 10.4. The molecule has 0 atom stereocenters. The molecule has 0 bridgehead atoms. The van der Waals surface area contributed by atoms with Crippen LogP contribution in [-0.2, 0) is 12.4 Å². The summed E-state index contributed by atoms with van der Waals surface area (Å²) in [6.45, 7) is 1.01. The fourth-order valence-corrected chi connectivity index (χ4v) is 2.41. The molecule has 0 aliphatic heterocycles. The van der Waals surface area contributed by atoms with Crippen LogP contribution in [-0.4, -0.2) is 14.5 Å². The third-order valence-corrected chi connectivity index (χ3v) is 3.56. The second-order valence-electron chi connectivity index (χ2n) is 4.21. The number of alkyl halides is 1. The average Bonchev–Trinajstić information content (AvgIpc) is 3.01. The molecule has 1 fully saturated rings. The monoisotopic (exact) mass is 299 g/mol. The van der Waals surface area contributed by atoms with Crippen molar-refractivity contribution in [2.24, 2.45) is 5.92 Å². The van der Waals surface area contributed by atoms with Crippen LogP contribution in [0.2, 0.25) is 0 Å². The van der Waals surface area contributed by atoms with E-state index in [0.29, 0.717) is 5.88 Å². The van der Waals surface area contributed by atoms with Crippen LogP contribution in [0.25, 0.3) is 11.2 Å². The molecule has 2 aromatic rings. The highest BCUT2D eigenvalue weighted by Crippen LogP contribution is 2.32. The molecular weight excluding hydrogens is 289 g/mol. The van der Waals surface area contributed by atoms with Crippen molar-refractivity contribution in [3.05, 3.63) is 22.6 Å². The molecule has 2 heterocycles. The summed E-state index contributed by atoms with van der Waals surface area (Å²) < 4.78 is 3.11. The summed E-state index contributed by atoms with van der Waals surface area (Å²) in [7, 11) is 0. The van der Waals surface area contributed by atoms with E-state index in [1.165, 1.54) is 12.8 Å². The molecule has 0 saturated heterocycles. The highest BCUT2D eigenvalue weighted by Gasteiger charge is 2.24. The van der Waals surface area contributed by atoms with Gasteiger partial charge in [-0.05, 0) is 40.8 Å². The average molecular weight is 301 g/mol. The first-order chi connectivity index (χ1) is 7.78. The zero-order valence-electron chi connectivity index (χ0n) is 8.66. The number of pyridine rings is 1. The summed E-state index contributed by atoms with van der Waals surface area (Å²) in [6.07, 6.45) is 4.45. The Balaban J connectivity index is 2.13. The van der Waals surface area contributed by atoms with E-state index in [2.05, 4.69) is 30.5 Å². The van der Waals surface area contributed by atoms with Gasteiger partial charge in [0.1, 0.15) is 11.3 Å². The molecule has 3 rings (SSSR count). The zero-order chi connectivity index (χ0) is 11.1. The third-order valence-electron chi connectivity index (χ3n) is 2.89. The minimum absolute atomic E-state index is 0.445. The summed E-state index contributed by atoms with van der Waals surface area (Å²) in [4.78, 5) is 8.94. The number of imidazole rings is 1. The van der Waals surface area contributed by atoms with Crippen molar-refractivity contribution >= 4 is 38.7 Å². The summed E-state index contributed by atoms with van der Waals surface area (Å²) in [5.74, 6) is 2.17. The minimum atomic E-state index is 0.445. The predicted octanol–water partition coefficient (Wildman–Crippen LogP) is 3.34. The van der Waals surface area contributed by atoms with Gasteiger partial charge in [0.15, 0.2) is 5.65 Å². The number of aromatic nitrogens is 3. The lowest BCUT2D eigenvalue weighted by Crippen LogP contribution is -2.04. The van der Waals surface area contributed by atoms with Crippen molar-refractivity contribution in [1.82, 2.24) is 14.5 Å². The van der Waals surface area contributed by atoms with Gasteiger partial charge in [-0.3, -0.25) is 0 Å². The van der Waals surface area contributed by atoms with E-state index in [9.17, 15) is 0 Å². The number of fused-ring (bicyclic) bond motifs is 1. The number of rotatable bonds is 3. The van der Waals surface area contributed by atoms with E-state index >= 15 is 0 Å². The number of nitrogens with zero attached hydrogens (tertiary/aromatic N) is 3. The molecule has 84 valence electrons. The molecular formula is C11H11BrClN3. The third kappa shape index (κ3) is 1.84. The first-order valence-corrected chi connectivity index (χ1v) is 6.67. The van der Waals surface area contributed by atoms with Crippen molar-refractivity contribution in [2.45, 2.75) is 25.3 Å². The smallest absolute Gasteiger partial charge is 0.160 e. The van der Waals surface area contributed by atoms with E-state index in [1.807, 2.05) is 12.3 Å². The van der Waals surface area contributed by atoms with Crippen LogP contribution in [0, 0.1) is 5.92 Å². The van der Waals surface area contributed by atoms with Crippen LogP contribution >= 0.6 is 27.5 Å². The Morgan fingerprint density at radius 2 is 2.31 bits per heavy atom. The van der Waals surface area contributed by atoms with Crippen LogP contribution in [0.15, 0.2) is 16.7 Å². The minimum Gasteiger partial charge on any atom is -0.311 e. The molecule has 0 N–H and O–H groups in total. The topological polar surface area (TPSA) is 30.7 Å². The normalized spacial score (nSPS) is 15.9. The van der Waals surface area contributed by atoms with Crippen LogP contribution in [0.5, 0.6) is 0 Å². The fraction of sp³-hybridized carbons (Fsp3) is 0.455. The van der Waals surface area contributed by atoms with Gasteiger partial charge in [-0.15, -0.1) is 11.6 Å². The maximum atomic E-state index is 5.92. The van der Waals surface area contributed by atoms with E-state index in [0.717, 1.165) is 33.9 Å². The lowest BCUT2D eigenvalue weighted by Gasteiger charge is -2.04. The van der Waals surface area contributed by atoms with Crippen molar-refractivity contribution in [1.29, 1.82) is 0 Å². The second kappa shape index (κ2) is 4.00. The van der Waals surface area contributed by atoms with E-state index < -0.39 is 0 Å². The molecule has 0 radical (unpaired) electrons. The Hall–Kier alpha value is -0.610. The Labute approximate surface area is 107 Å². The van der Waals surface area contributed by atoms with Crippen molar-refractivity contribution < 1.29 is 0 Å². The highest BCUT2D eigenvalue weighted by atomic mass is 79.9. The molecule has 0 unspecified atom stereocenters. The summed E-state index contributed by atoms with van der Waals surface area (Å²) in [5, 5.41) is 0. The van der Waals surface area contributed by atoms with Crippen LogP contribution in [0.3, 0.4) is 0 Å². The SMILES string of the molecule is ClCc1nc2cc(Br)cnc2n1CC1CC1. The Kier molecular flexibility index (Phi) is 2.64. The lowest BCUT2D eigenvalue weighted by molar-refractivity contribution is 0.619. The first-order valence-electron chi connectivity index (χ1n) is 5.34. The van der Waals surface area contributed by atoms with Crippen LogP contribution < -0.4 is 0 Å². The predicted molar refractivity (Wildman–Crippen MR) is 67.5 cm³/mol. The Morgan fingerprint density at radius 3 is 3.00 bits per heavy atom. The molecule has 16 heavy (non-hydrogen) atoms. The number of halogens is 2. The van der Waals surface area contributed by atoms with E-state index in [4.69, 9.17) is 11.6 Å². The van der Waals surface area contributed by atoms with Gasteiger partial charge in [-0.1, -0.05) is 0 Å². The highest BCUT2D eigenvalue weighted by molar-refractivity contribution is 9.10. The molecule has 1 aliphatic carbocycles. The van der Waals surface area contributed by atoms with Crippen molar-refractivity contribution in [2.75, 3.05) is 0 Å². The van der Waals surface area contributed by atoms with Gasteiger partial charge in [0, 0.05) is 17.2 Å². The van der Waals surface area contributed by atoms with Crippen LogP contribution in [0.4, 0.5) is 0 Å². The standard InChI is InChI=1S/C11H11BrClN3/c12-8-3-9-11(14-5-8)16(6-7-1-2-7)10(4-13)15-9/h3,5,7H,1-2,4,6H2. The molecule has 5 heteroatoms. The molecule has 0 spiro atoms. The van der Waals surface area contributed by atoms with Gasteiger partial charge in [-0.2, -0.15) is 0 Å². The van der Waals surface area contributed by atoms with Gasteiger partial charge in [0.2, 0.25) is 0 Å². The number of hydrogen-bond donors (Lipinski definition) is 0. The molecule has 0 amide bonds. The summed E-state index contributed by atoms with van der Waals surface area (Å²) in [6, 6.07) is 1.99. The molecule has 1 saturated carbocycles. The molecule has 1 aliphatic rings. The summed E-state index contributed by atoms with van der Waals surface area (Å²) in [5.41, 5.74) is 1.87. The fourth-order valence-electron chi connectivity index (χ4n) is 1.89. The summed E-state index contributed by atoms with van der Waals surface area (Å²) >= 11 is 9.33. The van der Waals surface area contributed by atoms with Gasteiger partial charge in [0.05, 0.1) is 5.88 Å². The van der Waals surface area contributed by atoms with Gasteiger partial charge >= 0.3 is 0 Å². The molecule has 0 aromatic carbocycles. The molecule has 2 aromatic heterocycles. The van der Waals surface area contributed by atoms with Gasteiger partial charge in [-0.25, -0.2) is 9.97 Å². The largest absolute Gasteiger partial charge is 0.311 e. The van der Waals surface area contributed by atoms with Gasteiger partial charge in [0.25, 0.3) is 0 Å². The number of hydrogen-bond acceptors (Lipinski definition) is 2. The van der Waals surface area contributed by atoms with Crippen LogP contribution in [0.1, 0.15) is 18.7 Å². The van der Waals surface area contributed by atoms with Gasteiger partial charge < -0.3 is 4.57 Å². The zero-order valence-corrected chi connectivity index (χ0v) is 11.0.